The van der Waals surface area contributed by atoms with Gasteiger partial charge in [0, 0.05) is 16.8 Å². The fourth-order valence-electron chi connectivity index (χ4n) is 2.33. The average molecular weight is 249 g/mol. The minimum atomic E-state index is -0.295. The second kappa shape index (κ2) is 4.73. The molecular formula is C15H20FNO. The highest BCUT2D eigenvalue weighted by atomic mass is 19.1. The van der Waals surface area contributed by atoms with E-state index in [1.165, 1.54) is 6.07 Å². The van der Waals surface area contributed by atoms with Crippen LogP contribution in [0.3, 0.4) is 0 Å². The summed E-state index contributed by atoms with van der Waals surface area (Å²) in [5.41, 5.74) is 0.242. The monoisotopic (exact) mass is 249 g/mol. The molecular weight excluding hydrogens is 229 g/mol. The summed E-state index contributed by atoms with van der Waals surface area (Å²) in [5.74, 6) is 0.543. The highest BCUT2D eigenvalue weighted by molar-refractivity contribution is 5.78. The molecule has 3 heteroatoms. The Labute approximate surface area is 107 Å². The third-order valence-electron chi connectivity index (χ3n) is 3.47. The summed E-state index contributed by atoms with van der Waals surface area (Å²) in [6, 6.07) is 7.35. The van der Waals surface area contributed by atoms with Gasteiger partial charge in [-0.05, 0) is 32.5 Å². The largest absolute Gasteiger partial charge is 0.457 e. The first-order chi connectivity index (χ1) is 8.44. The van der Waals surface area contributed by atoms with Crippen molar-refractivity contribution >= 4 is 11.0 Å². The zero-order chi connectivity index (χ0) is 13.3. The summed E-state index contributed by atoms with van der Waals surface area (Å²) in [4.78, 5) is 0. The fraction of sp³-hybridized carbons (Fsp3) is 0.467. The van der Waals surface area contributed by atoms with Crippen LogP contribution in [-0.2, 0) is 5.41 Å². The van der Waals surface area contributed by atoms with Crippen LogP contribution in [0.15, 0.2) is 28.7 Å². The molecule has 1 aromatic heterocycles. The maximum absolute atomic E-state index is 13.6. The van der Waals surface area contributed by atoms with Crippen molar-refractivity contribution in [2.45, 2.75) is 38.6 Å². The van der Waals surface area contributed by atoms with Crippen LogP contribution >= 0.6 is 0 Å². The lowest BCUT2D eigenvalue weighted by molar-refractivity contribution is 0.339. The quantitative estimate of drug-likeness (QED) is 0.890. The predicted molar refractivity (Wildman–Crippen MR) is 72.3 cm³/mol. The van der Waals surface area contributed by atoms with E-state index in [1.54, 1.807) is 6.07 Å². The maximum atomic E-state index is 13.6. The summed E-state index contributed by atoms with van der Waals surface area (Å²) < 4.78 is 19.3. The molecule has 0 saturated carbocycles. The molecule has 0 fully saturated rings. The molecule has 0 aliphatic carbocycles. The van der Waals surface area contributed by atoms with Crippen LogP contribution in [0, 0.1) is 5.82 Å². The number of halogens is 1. The van der Waals surface area contributed by atoms with Crippen molar-refractivity contribution in [3.63, 3.8) is 0 Å². The number of para-hydroxylation sites is 1. The molecule has 1 N–H and O–H groups in total. The van der Waals surface area contributed by atoms with Crippen LogP contribution < -0.4 is 5.32 Å². The molecule has 1 atom stereocenters. The molecule has 0 aliphatic rings. The van der Waals surface area contributed by atoms with E-state index in [9.17, 15) is 4.39 Å². The molecule has 2 aromatic rings. The summed E-state index contributed by atoms with van der Waals surface area (Å²) in [6.07, 6.45) is 0.935. The minimum absolute atomic E-state index is 0.117. The van der Waals surface area contributed by atoms with Crippen molar-refractivity contribution in [1.82, 2.24) is 5.32 Å². The van der Waals surface area contributed by atoms with Gasteiger partial charge in [-0.1, -0.05) is 26.0 Å². The summed E-state index contributed by atoms with van der Waals surface area (Å²) in [7, 11) is 1.94. The summed E-state index contributed by atoms with van der Waals surface area (Å²) in [5, 5.41) is 4.05. The van der Waals surface area contributed by atoms with E-state index >= 15 is 0 Å². The Hall–Kier alpha value is -1.35. The molecule has 0 saturated heterocycles. The van der Waals surface area contributed by atoms with E-state index < -0.39 is 0 Å². The van der Waals surface area contributed by atoms with Gasteiger partial charge in [-0.3, -0.25) is 0 Å². The Balaban J connectivity index is 2.38. The van der Waals surface area contributed by atoms with Gasteiger partial charge in [0.1, 0.15) is 5.76 Å². The topological polar surface area (TPSA) is 25.2 Å². The first-order valence-electron chi connectivity index (χ1n) is 6.30. The Kier molecular flexibility index (Phi) is 3.44. The zero-order valence-electron chi connectivity index (χ0n) is 11.4. The third kappa shape index (κ3) is 2.41. The lowest BCUT2D eigenvalue weighted by Gasteiger charge is -2.25. The molecule has 0 amide bonds. The first-order valence-corrected chi connectivity index (χ1v) is 6.30. The molecule has 0 radical (unpaired) electrons. The molecule has 0 aliphatic heterocycles. The maximum Gasteiger partial charge on any atom is 0.169 e. The average Bonchev–Trinajstić information content (AvgIpc) is 2.74. The van der Waals surface area contributed by atoms with Crippen LogP contribution in [0.4, 0.5) is 4.39 Å². The standard InChI is InChI=1S/C15H20FNO/c1-10(17-4)9-15(2,3)13-8-11-6-5-7-12(16)14(11)18-13/h5-8,10,17H,9H2,1-4H3. The molecule has 98 valence electrons. The number of furan rings is 1. The summed E-state index contributed by atoms with van der Waals surface area (Å²) in [6.45, 7) is 6.37. The van der Waals surface area contributed by atoms with Gasteiger partial charge in [-0.15, -0.1) is 0 Å². The van der Waals surface area contributed by atoms with Gasteiger partial charge in [0.25, 0.3) is 0 Å². The van der Waals surface area contributed by atoms with Crippen molar-refractivity contribution in [2.24, 2.45) is 0 Å². The van der Waals surface area contributed by atoms with Crippen molar-refractivity contribution in [3.8, 4) is 0 Å². The number of hydrogen-bond acceptors (Lipinski definition) is 2. The lowest BCUT2D eigenvalue weighted by Crippen LogP contribution is -2.30. The number of benzene rings is 1. The fourth-order valence-corrected chi connectivity index (χ4v) is 2.33. The van der Waals surface area contributed by atoms with E-state index in [-0.39, 0.29) is 11.2 Å². The molecule has 2 nitrogen and oxygen atoms in total. The molecule has 2 rings (SSSR count). The van der Waals surface area contributed by atoms with Gasteiger partial charge >= 0.3 is 0 Å². The number of rotatable bonds is 4. The first kappa shape index (κ1) is 13.1. The number of hydrogen-bond donors (Lipinski definition) is 1. The van der Waals surface area contributed by atoms with E-state index in [0.29, 0.717) is 11.6 Å². The van der Waals surface area contributed by atoms with E-state index in [2.05, 4.69) is 26.1 Å². The van der Waals surface area contributed by atoms with Crippen molar-refractivity contribution in [2.75, 3.05) is 7.05 Å². The lowest BCUT2D eigenvalue weighted by atomic mass is 9.83. The second-order valence-corrected chi connectivity index (χ2v) is 5.55. The van der Waals surface area contributed by atoms with Gasteiger partial charge in [-0.2, -0.15) is 0 Å². The molecule has 1 unspecified atom stereocenters. The van der Waals surface area contributed by atoms with Gasteiger partial charge in [0.15, 0.2) is 11.4 Å². The highest BCUT2D eigenvalue weighted by Gasteiger charge is 2.27. The highest BCUT2D eigenvalue weighted by Crippen LogP contribution is 2.33. The van der Waals surface area contributed by atoms with Crippen LogP contribution in [0.1, 0.15) is 33.0 Å². The SMILES string of the molecule is CNC(C)CC(C)(C)c1cc2cccc(F)c2o1. The molecule has 1 aromatic carbocycles. The smallest absolute Gasteiger partial charge is 0.169 e. The third-order valence-corrected chi connectivity index (χ3v) is 3.47. The predicted octanol–water partition coefficient (Wildman–Crippen LogP) is 3.85. The summed E-state index contributed by atoms with van der Waals surface area (Å²) >= 11 is 0. The molecule has 18 heavy (non-hydrogen) atoms. The van der Waals surface area contributed by atoms with Crippen molar-refractivity contribution in [3.05, 3.63) is 35.8 Å². The zero-order valence-corrected chi connectivity index (χ0v) is 11.4. The van der Waals surface area contributed by atoms with Gasteiger partial charge in [0.2, 0.25) is 0 Å². The Morgan fingerprint density at radius 1 is 1.39 bits per heavy atom. The van der Waals surface area contributed by atoms with Gasteiger partial charge in [0.05, 0.1) is 0 Å². The Morgan fingerprint density at radius 2 is 2.11 bits per heavy atom. The van der Waals surface area contributed by atoms with Crippen LogP contribution in [0.2, 0.25) is 0 Å². The molecule has 0 spiro atoms. The molecule has 0 bridgehead atoms. The van der Waals surface area contributed by atoms with Crippen molar-refractivity contribution in [1.29, 1.82) is 0 Å². The van der Waals surface area contributed by atoms with E-state index in [4.69, 9.17) is 4.42 Å². The van der Waals surface area contributed by atoms with E-state index in [1.807, 2.05) is 19.2 Å². The van der Waals surface area contributed by atoms with Crippen molar-refractivity contribution < 1.29 is 8.81 Å². The van der Waals surface area contributed by atoms with Gasteiger partial charge < -0.3 is 9.73 Å². The van der Waals surface area contributed by atoms with Crippen LogP contribution in [0.5, 0.6) is 0 Å². The minimum Gasteiger partial charge on any atom is -0.457 e. The van der Waals surface area contributed by atoms with Crippen LogP contribution in [-0.4, -0.2) is 13.1 Å². The van der Waals surface area contributed by atoms with Gasteiger partial charge in [-0.25, -0.2) is 4.39 Å². The Morgan fingerprint density at radius 3 is 2.72 bits per heavy atom. The Bertz CT molecular complexity index is 544. The van der Waals surface area contributed by atoms with Crippen LogP contribution in [0.25, 0.3) is 11.0 Å². The number of nitrogens with one attached hydrogen (secondary N) is 1. The normalized spacial score (nSPS) is 14.1. The van der Waals surface area contributed by atoms with E-state index in [0.717, 1.165) is 17.6 Å². The molecule has 1 heterocycles. The number of fused-ring (bicyclic) bond motifs is 1. The second-order valence-electron chi connectivity index (χ2n) is 5.55.